The molecular weight excluding hydrogens is 178 g/mol. The van der Waals surface area contributed by atoms with Crippen molar-refractivity contribution in [3.63, 3.8) is 0 Å². The lowest BCUT2D eigenvalue weighted by molar-refractivity contribution is 0.572. The number of aromatic nitrogens is 2. The number of hydrogen-bond acceptors (Lipinski definition) is 3. The summed E-state index contributed by atoms with van der Waals surface area (Å²) in [6.07, 6.45) is 4.35. The number of nitrogens with one attached hydrogen (secondary N) is 2. The molecule has 0 bridgehead atoms. The molecule has 1 heterocycles. The van der Waals surface area contributed by atoms with Gasteiger partial charge in [0.05, 0.1) is 0 Å². The first-order chi connectivity index (χ1) is 6.59. The average Bonchev–Trinajstić information content (AvgIpc) is 2.73. The molecule has 1 aliphatic rings. The molecule has 1 aromatic heterocycles. The van der Waals surface area contributed by atoms with Crippen LogP contribution in [0.1, 0.15) is 20.3 Å². The Morgan fingerprint density at radius 2 is 2.43 bits per heavy atom. The van der Waals surface area contributed by atoms with Crippen molar-refractivity contribution in [2.75, 3.05) is 11.9 Å². The maximum atomic E-state index is 11.2. The molecule has 1 unspecified atom stereocenters. The van der Waals surface area contributed by atoms with Gasteiger partial charge in [0.15, 0.2) is 5.82 Å². The van der Waals surface area contributed by atoms with Crippen LogP contribution in [0.3, 0.4) is 0 Å². The van der Waals surface area contributed by atoms with Crippen molar-refractivity contribution in [3.8, 4) is 0 Å². The van der Waals surface area contributed by atoms with Crippen LogP contribution in [0.5, 0.6) is 0 Å². The minimum Gasteiger partial charge on any atom is -0.365 e. The first-order valence-electron chi connectivity index (χ1n) is 4.87. The van der Waals surface area contributed by atoms with E-state index in [1.165, 1.54) is 12.6 Å². The fourth-order valence-corrected chi connectivity index (χ4v) is 1.62. The third-order valence-electron chi connectivity index (χ3n) is 2.94. The standard InChI is InChI=1S/C10H15N3O/c1-10(2)5-7(10)6-13-8-9(14)12-4-3-11-8/h3-4,7H,5-6H2,1-2H3,(H,11,13)(H,12,14). The van der Waals surface area contributed by atoms with Crippen molar-refractivity contribution < 1.29 is 0 Å². The summed E-state index contributed by atoms with van der Waals surface area (Å²) in [4.78, 5) is 17.8. The van der Waals surface area contributed by atoms with Crippen LogP contribution in [0, 0.1) is 11.3 Å². The smallest absolute Gasteiger partial charge is 0.290 e. The topological polar surface area (TPSA) is 57.8 Å². The van der Waals surface area contributed by atoms with Crippen molar-refractivity contribution in [2.45, 2.75) is 20.3 Å². The highest BCUT2D eigenvalue weighted by molar-refractivity contribution is 5.30. The molecule has 1 atom stereocenters. The Morgan fingerprint density at radius 1 is 1.71 bits per heavy atom. The Balaban J connectivity index is 1.94. The van der Waals surface area contributed by atoms with Crippen LogP contribution in [0.4, 0.5) is 5.82 Å². The molecule has 0 radical (unpaired) electrons. The van der Waals surface area contributed by atoms with E-state index >= 15 is 0 Å². The van der Waals surface area contributed by atoms with Crippen LogP contribution in [-0.4, -0.2) is 16.5 Å². The molecular formula is C10H15N3O. The van der Waals surface area contributed by atoms with Crippen LogP contribution in [0.2, 0.25) is 0 Å². The summed E-state index contributed by atoms with van der Waals surface area (Å²) in [6, 6.07) is 0. The predicted octanol–water partition coefficient (Wildman–Crippen LogP) is 1.23. The summed E-state index contributed by atoms with van der Waals surface area (Å²) in [6.45, 7) is 5.32. The number of nitrogens with zero attached hydrogens (tertiary/aromatic N) is 1. The minimum absolute atomic E-state index is 0.147. The summed E-state index contributed by atoms with van der Waals surface area (Å²) in [7, 11) is 0. The van der Waals surface area contributed by atoms with Crippen molar-refractivity contribution in [1.29, 1.82) is 0 Å². The summed E-state index contributed by atoms with van der Waals surface area (Å²) in [5.41, 5.74) is 0.292. The molecule has 1 aliphatic carbocycles. The lowest BCUT2D eigenvalue weighted by atomic mass is 10.1. The predicted molar refractivity (Wildman–Crippen MR) is 55.2 cm³/mol. The van der Waals surface area contributed by atoms with Crippen LogP contribution < -0.4 is 10.9 Å². The van der Waals surface area contributed by atoms with Gasteiger partial charge in [0.1, 0.15) is 0 Å². The third kappa shape index (κ3) is 1.78. The first-order valence-corrected chi connectivity index (χ1v) is 4.87. The maximum absolute atomic E-state index is 11.2. The summed E-state index contributed by atoms with van der Waals surface area (Å²) >= 11 is 0. The van der Waals surface area contributed by atoms with Crippen LogP contribution >= 0.6 is 0 Å². The highest BCUT2D eigenvalue weighted by Gasteiger charge is 2.45. The van der Waals surface area contributed by atoms with Gasteiger partial charge in [-0.3, -0.25) is 4.79 Å². The number of aromatic amines is 1. The van der Waals surface area contributed by atoms with Gasteiger partial charge in [0.25, 0.3) is 5.56 Å². The molecule has 0 amide bonds. The van der Waals surface area contributed by atoms with E-state index in [1.54, 1.807) is 6.20 Å². The Bertz CT molecular complexity index is 383. The van der Waals surface area contributed by atoms with Gasteiger partial charge in [-0.1, -0.05) is 13.8 Å². The fourth-order valence-electron chi connectivity index (χ4n) is 1.62. The van der Waals surface area contributed by atoms with Crippen LogP contribution in [0.25, 0.3) is 0 Å². The molecule has 14 heavy (non-hydrogen) atoms. The minimum atomic E-state index is -0.147. The van der Waals surface area contributed by atoms with E-state index in [1.807, 2.05) is 0 Å². The fraction of sp³-hybridized carbons (Fsp3) is 0.600. The Hall–Kier alpha value is -1.32. The largest absolute Gasteiger partial charge is 0.365 e. The zero-order valence-electron chi connectivity index (χ0n) is 8.50. The zero-order valence-corrected chi connectivity index (χ0v) is 8.50. The quantitative estimate of drug-likeness (QED) is 0.759. The molecule has 0 aliphatic heterocycles. The third-order valence-corrected chi connectivity index (χ3v) is 2.94. The van der Waals surface area contributed by atoms with Gasteiger partial charge in [-0.25, -0.2) is 4.98 Å². The molecule has 0 aromatic carbocycles. The van der Waals surface area contributed by atoms with Gasteiger partial charge in [-0.05, 0) is 17.8 Å². The van der Waals surface area contributed by atoms with Gasteiger partial charge in [0.2, 0.25) is 0 Å². The maximum Gasteiger partial charge on any atom is 0.290 e. The molecule has 0 spiro atoms. The van der Waals surface area contributed by atoms with Gasteiger partial charge in [-0.15, -0.1) is 0 Å². The van der Waals surface area contributed by atoms with E-state index in [-0.39, 0.29) is 5.56 Å². The molecule has 4 nitrogen and oxygen atoms in total. The molecule has 1 saturated carbocycles. The van der Waals surface area contributed by atoms with Crippen molar-refractivity contribution in [3.05, 3.63) is 22.7 Å². The van der Waals surface area contributed by atoms with Gasteiger partial charge >= 0.3 is 0 Å². The summed E-state index contributed by atoms with van der Waals surface area (Å²) < 4.78 is 0. The van der Waals surface area contributed by atoms with Crippen molar-refractivity contribution in [1.82, 2.24) is 9.97 Å². The second-order valence-corrected chi connectivity index (χ2v) is 4.54. The molecule has 2 N–H and O–H groups in total. The molecule has 1 aromatic rings. The lowest BCUT2D eigenvalue weighted by Gasteiger charge is -2.05. The van der Waals surface area contributed by atoms with Crippen LogP contribution in [-0.2, 0) is 0 Å². The zero-order chi connectivity index (χ0) is 10.2. The van der Waals surface area contributed by atoms with E-state index in [0.29, 0.717) is 17.2 Å². The number of rotatable bonds is 3. The summed E-state index contributed by atoms with van der Waals surface area (Å²) in [5, 5.41) is 3.08. The van der Waals surface area contributed by atoms with Gasteiger partial charge in [-0.2, -0.15) is 0 Å². The van der Waals surface area contributed by atoms with E-state index in [9.17, 15) is 4.79 Å². The Kier molecular flexibility index (Phi) is 2.06. The molecule has 1 fully saturated rings. The Morgan fingerprint density at radius 3 is 3.00 bits per heavy atom. The number of hydrogen-bond donors (Lipinski definition) is 2. The van der Waals surface area contributed by atoms with E-state index in [2.05, 4.69) is 29.1 Å². The van der Waals surface area contributed by atoms with E-state index in [0.717, 1.165) is 6.54 Å². The summed E-state index contributed by atoms with van der Waals surface area (Å²) in [5.74, 6) is 1.10. The molecule has 76 valence electrons. The second kappa shape index (κ2) is 3.12. The van der Waals surface area contributed by atoms with Gasteiger partial charge < -0.3 is 10.3 Å². The molecule has 4 heteroatoms. The van der Waals surface area contributed by atoms with Crippen LogP contribution in [0.15, 0.2) is 17.2 Å². The van der Waals surface area contributed by atoms with E-state index < -0.39 is 0 Å². The highest BCUT2D eigenvalue weighted by Crippen LogP contribution is 2.51. The van der Waals surface area contributed by atoms with Gasteiger partial charge in [0, 0.05) is 18.9 Å². The Labute approximate surface area is 82.8 Å². The second-order valence-electron chi connectivity index (χ2n) is 4.54. The lowest BCUT2D eigenvalue weighted by Crippen LogP contribution is -2.17. The highest BCUT2D eigenvalue weighted by atomic mass is 16.1. The number of anilines is 1. The first kappa shape index (κ1) is 9.24. The normalized spacial score (nSPS) is 23.1. The van der Waals surface area contributed by atoms with Crippen molar-refractivity contribution >= 4 is 5.82 Å². The number of H-pyrrole nitrogens is 1. The van der Waals surface area contributed by atoms with E-state index in [4.69, 9.17) is 0 Å². The monoisotopic (exact) mass is 193 g/mol. The molecule has 0 saturated heterocycles. The van der Waals surface area contributed by atoms with Crippen molar-refractivity contribution in [2.24, 2.45) is 11.3 Å². The average molecular weight is 193 g/mol. The molecule has 2 rings (SSSR count). The SMILES string of the molecule is CC1(C)CC1CNc1ncc[nH]c1=O.